The van der Waals surface area contributed by atoms with Gasteiger partial charge in [-0.25, -0.2) is 0 Å². The molecule has 2 heterocycles. The van der Waals surface area contributed by atoms with Crippen LogP contribution >= 0.6 is 0 Å². The highest BCUT2D eigenvalue weighted by atomic mass is 32.2. The molecule has 0 saturated heterocycles. The van der Waals surface area contributed by atoms with E-state index in [9.17, 15) is 8.42 Å². The van der Waals surface area contributed by atoms with Crippen LogP contribution in [0.5, 0.6) is 0 Å². The minimum atomic E-state index is -3.83. The molecule has 4 rings (SSSR count). The summed E-state index contributed by atoms with van der Waals surface area (Å²) in [5.74, 6) is 1.32. The van der Waals surface area contributed by atoms with Crippen molar-refractivity contribution in [2.24, 2.45) is 0 Å². The van der Waals surface area contributed by atoms with E-state index < -0.39 is 10.0 Å². The van der Waals surface area contributed by atoms with Gasteiger partial charge >= 0.3 is 0 Å². The van der Waals surface area contributed by atoms with Gasteiger partial charge in [-0.3, -0.25) is 4.72 Å². The Morgan fingerprint density at radius 2 is 1.96 bits per heavy atom. The van der Waals surface area contributed by atoms with E-state index in [0.29, 0.717) is 17.5 Å². The maximum atomic E-state index is 12.5. The monoisotopic (exact) mass is 359 g/mol. The van der Waals surface area contributed by atoms with E-state index in [4.69, 9.17) is 8.83 Å². The molecule has 1 aliphatic carbocycles. The van der Waals surface area contributed by atoms with Crippen molar-refractivity contribution in [3.8, 4) is 11.7 Å². The summed E-state index contributed by atoms with van der Waals surface area (Å²) in [6, 6.07) is 9.98. The maximum absolute atomic E-state index is 12.5. The van der Waals surface area contributed by atoms with Crippen LogP contribution in [0.2, 0.25) is 0 Å². The molecule has 0 spiro atoms. The summed E-state index contributed by atoms with van der Waals surface area (Å²) in [5, 5.41) is 7.77. The average Bonchev–Trinajstić information content (AvgIpc) is 3.13. The van der Waals surface area contributed by atoms with E-state index >= 15 is 0 Å². The van der Waals surface area contributed by atoms with E-state index in [2.05, 4.69) is 14.9 Å². The van der Waals surface area contributed by atoms with E-state index in [1.165, 1.54) is 12.1 Å². The standard InChI is InChI=1S/C17H17N3O4S/c1-11-4-2-7-13(10-11)20-25(21,22)15-9-8-14(23-15)17-19-18-16(24-17)12-5-3-6-12/h2,4,7-10,12,20H,3,5-6H2,1H3. The van der Waals surface area contributed by atoms with Crippen LogP contribution in [-0.2, 0) is 10.0 Å². The molecule has 1 aliphatic rings. The van der Waals surface area contributed by atoms with Crippen LogP contribution in [-0.4, -0.2) is 18.6 Å². The number of nitrogens with one attached hydrogen (secondary N) is 1. The minimum absolute atomic E-state index is 0.193. The summed E-state index contributed by atoms with van der Waals surface area (Å²) in [4.78, 5) is 0. The first kappa shape index (κ1) is 15.9. The van der Waals surface area contributed by atoms with Gasteiger partial charge in [0.2, 0.25) is 11.0 Å². The number of hydrogen-bond acceptors (Lipinski definition) is 6. The van der Waals surface area contributed by atoms with Crippen molar-refractivity contribution in [2.45, 2.75) is 37.2 Å². The fraction of sp³-hybridized carbons (Fsp3) is 0.294. The number of aromatic nitrogens is 2. The van der Waals surface area contributed by atoms with Crippen molar-refractivity contribution >= 4 is 15.7 Å². The fourth-order valence-electron chi connectivity index (χ4n) is 2.65. The summed E-state index contributed by atoms with van der Waals surface area (Å²) in [5.41, 5.74) is 1.43. The molecule has 1 N–H and O–H groups in total. The van der Waals surface area contributed by atoms with Gasteiger partial charge in [0.25, 0.3) is 15.9 Å². The summed E-state index contributed by atoms with van der Waals surface area (Å²) in [6.07, 6.45) is 3.25. The molecule has 0 unspecified atom stereocenters. The van der Waals surface area contributed by atoms with Crippen LogP contribution in [0.25, 0.3) is 11.7 Å². The van der Waals surface area contributed by atoms with Crippen molar-refractivity contribution in [2.75, 3.05) is 4.72 Å². The zero-order valence-electron chi connectivity index (χ0n) is 13.6. The number of anilines is 1. The van der Waals surface area contributed by atoms with Crippen LogP contribution in [0.3, 0.4) is 0 Å². The normalized spacial score (nSPS) is 15.1. The molecule has 0 bridgehead atoms. The van der Waals surface area contributed by atoms with Gasteiger partial charge in [0.15, 0.2) is 5.76 Å². The molecule has 0 amide bonds. The molecule has 7 nitrogen and oxygen atoms in total. The first-order valence-electron chi connectivity index (χ1n) is 8.04. The van der Waals surface area contributed by atoms with Crippen molar-refractivity contribution in [1.29, 1.82) is 0 Å². The first-order valence-corrected chi connectivity index (χ1v) is 9.53. The second-order valence-electron chi connectivity index (χ2n) is 6.17. The van der Waals surface area contributed by atoms with Crippen molar-refractivity contribution in [3.63, 3.8) is 0 Å². The summed E-state index contributed by atoms with van der Waals surface area (Å²) in [6.45, 7) is 1.89. The lowest BCUT2D eigenvalue weighted by atomic mass is 9.85. The Morgan fingerprint density at radius 1 is 1.12 bits per heavy atom. The van der Waals surface area contributed by atoms with Crippen LogP contribution in [0.15, 0.2) is 50.3 Å². The molecule has 2 aromatic heterocycles. The van der Waals surface area contributed by atoms with Gasteiger partial charge in [-0.15, -0.1) is 10.2 Å². The molecule has 25 heavy (non-hydrogen) atoms. The highest BCUT2D eigenvalue weighted by Gasteiger charge is 2.27. The van der Waals surface area contributed by atoms with E-state index in [-0.39, 0.29) is 16.7 Å². The number of hydrogen-bond donors (Lipinski definition) is 1. The zero-order chi connectivity index (χ0) is 17.4. The molecular weight excluding hydrogens is 342 g/mol. The number of sulfonamides is 1. The number of aryl methyl sites for hydroxylation is 1. The lowest BCUT2D eigenvalue weighted by Crippen LogP contribution is -2.12. The predicted molar refractivity (Wildman–Crippen MR) is 90.6 cm³/mol. The maximum Gasteiger partial charge on any atom is 0.295 e. The summed E-state index contributed by atoms with van der Waals surface area (Å²) >= 11 is 0. The third kappa shape index (κ3) is 3.17. The molecule has 0 aliphatic heterocycles. The Labute approximate surface area is 145 Å². The minimum Gasteiger partial charge on any atom is -0.438 e. The summed E-state index contributed by atoms with van der Waals surface area (Å²) < 4.78 is 38.4. The Kier molecular flexibility index (Phi) is 3.84. The van der Waals surface area contributed by atoms with Crippen molar-refractivity contribution in [1.82, 2.24) is 10.2 Å². The van der Waals surface area contributed by atoms with Gasteiger partial charge in [0, 0.05) is 11.6 Å². The molecular formula is C17H17N3O4S. The highest BCUT2D eigenvalue weighted by molar-refractivity contribution is 7.92. The first-order chi connectivity index (χ1) is 12.0. The molecule has 8 heteroatoms. The third-order valence-electron chi connectivity index (χ3n) is 4.22. The largest absolute Gasteiger partial charge is 0.438 e. The van der Waals surface area contributed by atoms with Gasteiger partial charge in [-0.05, 0) is 49.6 Å². The lowest BCUT2D eigenvalue weighted by Gasteiger charge is -2.20. The van der Waals surface area contributed by atoms with Gasteiger partial charge in [-0.2, -0.15) is 8.42 Å². The molecule has 130 valence electrons. The van der Waals surface area contributed by atoms with E-state index in [1.54, 1.807) is 18.2 Å². The number of benzene rings is 1. The predicted octanol–water partition coefficient (Wildman–Crippen LogP) is 3.71. The molecule has 1 aromatic carbocycles. The van der Waals surface area contributed by atoms with Crippen molar-refractivity contribution < 1.29 is 17.3 Å². The highest BCUT2D eigenvalue weighted by Crippen LogP contribution is 2.36. The SMILES string of the molecule is Cc1cccc(NS(=O)(=O)c2ccc(-c3nnc(C4CCC4)o3)o2)c1. The number of furan rings is 1. The third-order valence-corrected chi connectivity index (χ3v) is 5.48. The average molecular weight is 359 g/mol. The molecule has 0 radical (unpaired) electrons. The van der Waals surface area contributed by atoms with Gasteiger partial charge in [0.05, 0.1) is 0 Å². The number of rotatable bonds is 5. The fourth-order valence-corrected chi connectivity index (χ4v) is 3.63. The Bertz CT molecular complexity index is 1000. The Balaban J connectivity index is 1.56. The quantitative estimate of drug-likeness (QED) is 0.746. The van der Waals surface area contributed by atoms with Crippen LogP contribution in [0, 0.1) is 6.92 Å². The van der Waals surface area contributed by atoms with Crippen LogP contribution < -0.4 is 4.72 Å². The van der Waals surface area contributed by atoms with Gasteiger partial charge in [0.1, 0.15) is 0 Å². The second kappa shape index (κ2) is 6.03. The van der Waals surface area contributed by atoms with E-state index in [0.717, 1.165) is 24.8 Å². The van der Waals surface area contributed by atoms with Crippen molar-refractivity contribution in [3.05, 3.63) is 47.9 Å². The topological polar surface area (TPSA) is 98.2 Å². The smallest absolute Gasteiger partial charge is 0.295 e. The molecule has 3 aromatic rings. The molecule has 0 atom stereocenters. The molecule has 1 saturated carbocycles. The Morgan fingerprint density at radius 3 is 2.68 bits per heavy atom. The van der Waals surface area contributed by atoms with Gasteiger partial charge in [-0.1, -0.05) is 18.6 Å². The lowest BCUT2D eigenvalue weighted by molar-refractivity contribution is 0.334. The van der Waals surface area contributed by atoms with Crippen LogP contribution in [0.1, 0.15) is 36.6 Å². The second-order valence-corrected chi connectivity index (χ2v) is 7.78. The van der Waals surface area contributed by atoms with Gasteiger partial charge < -0.3 is 8.83 Å². The van der Waals surface area contributed by atoms with Crippen LogP contribution in [0.4, 0.5) is 5.69 Å². The zero-order valence-corrected chi connectivity index (χ0v) is 14.4. The Hall–Kier alpha value is -2.61. The molecule has 1 fully saturated rings. The number of nitrogens with zero attached hydrogens (tertiary/aromatic N) is 2. The van der Waals surface area contributed by atoms with E-state index in [1.807, 2.05) is 13.0 Å². The summed E-state index contributed by atoms with van der Waals surface area (Å²) in [7, 11) is -3.83.